The van der Waals surface area contributed by atoms with Crippen molar-refractivity contribution in [3.8, 4) is 11.8 Å². The van der Waals surface area contributed by atoms with Gasteiger partial charge in [-0.15, -0.1) is 0 Å². The number of methoxy groups -OCH3 is 1. The van der Waals surface area contributed by atoms with Gasteiger partial charge in [-0.3, -0.25) is 4.79 Å². The van der Waals surface area contributed by atoms with Crippen molar-refractivity contribution in [2.75, 3.05) is 13.7 Å². The molecule has 1 amide bonds. The van der Waals surface area contributed by atoms with Crippen LogP contribution in [0.2, 0.25) is 0 Å². The number of rotatable bonds is 12. The van der Waals surface area contributed by atoms with Crippen molar-refractivity contribution in [1.82, 2.24) is 4.90 Å². The summed E-state index contributed by atoms with van der Waals surface area (Å²) in [7, 11) is 1.61. The van der Waals surface area contributed by atoms with Crippen LogP contribution < -0.4 is 4.74 Å². The van der Waals surface area contributed by atoms with Gasteiger partial charge < -0.3 is 14.4 Å². The van der Waals surface area contributed by atoms with E-state index < -0.39 is 0 Å². The molecule has 5 nitrogen and oxygen atoms in total. The lowest BCUT2D eigenvalue weighted by Gasteiger charge is -2.28. The number of unbranched alkanes of at least 4 members (excludes halogenated alkanes) is 2. The van der Waals surface area contributed by atoms with E-state index in [2.05, 4.69) is 12.6 Å². The molecule has 0 saturated carbocycles. The van der Waals surface area contributed by atoms with Crippen LogP contribution in [0.15, 0.2) is 67.3 Å². The second kappa shape index (κ2) is 13.0. The highest BCUT2D eigenvalue weighted by Gasteiger charge is 2.21. The molecule has 0 saturated heterocycles. The van der Waals surface area contributed by atoms with Crippen molar-refractivity contribution < 1.29 is 14.3 Å². The molecule has 0 aliphatic carbocycles. The number of carbonyl (C=O) groups excluding carboxylic acids is 1. The minimum atomic E-state index is -0.0398. The summed E-state index contributed by atoms with van der Waals surface area (Å²) in [5.74, 6) is 1.43. The molecule has 2 aromatic carbocycles. The molecule has 2 rings (SSSR count). The molecular formula is C27H32N2O3. The molecule has 0 bridgehead atoms. The molecule has 0 fully saturated rings. The van der Waals surface area contributed by atoms with Crippen molar-refractivity contribution in [3.05, 3.63) is 84.0 Å². The number of benzene rings is 2. The van der Waals surface area contributed by atoms with Crippen LogP contribution >= 0.6 is 0 Å². The number of hydrogen-bond donors (Lipinski definition) is 0. The van der Waals surface area contributed by atoms with E-state index in [0.717, 1.165) is 29.7 Å². The summed E-state index contributed by atoms with van der Waals surface area (Å²) < 4.78 is 11.3. The fraction of sp³-hybridized carbons (Fsp3) is 0.333. The van der Waals surface area contributed by atoms with Gasteiger partial charge in [0.1, 0.15) is 11.5 Å². The highest BCUT2D eigenvalue weighted by atomic mass is 16.5. The minimum absolute atomic E-state index is 0.0149. The Kier molecular flexibility index (Phi) is 10.1. The van der Waals surface area contributed by atoms with Gasteiger partial charge in [-0.1, -0.05) is 43.0 Å². The first-order chi connectivity index (χ1) is 15.5. The topological polar surface area (TPSA) is 62.6 Å². The Labute approximate surface area is 191 Å². The van der Waals surface area contributed by atoms with Crippen LogP contribution in [0.5, 0.6) is 5.75 Å². The zero-order chi connectivity index (χ0) is 23.3. The summed E-state index contributed by atoms with van der Waals surface area (Å²) in [6.07, 6.45) is 5.63. The molecule has 2 aromatic rings. The zero-order valence-electron chi connectivity index (χ0n) is 19.2. The average molecular weight is 433 g/mol. The van der Waals surface area contributed by atoms with Gasteiger partial charge in [-0.05, 0) is 51.0 Å². The van der Waals surface area contributed by atoms with Gasteiger partial charge in [0.05, 0.1) is 19.8 Å². The Morgan fingerprint density at radius 2 is 1.81 bits per heavy atom. The second-order valence-corrected chi connectivity index (χ2v) is 7.65. The van der Waals surface area contributed by atoms with Crippen molar-refractivity contribution >= 4 is 11.7 Å². The summed E-state index contributed by atoms with van der Waals surface area (Å²) in [6.45, 7) is 8.72. The summed E-state index contributed by atoms with van der Waals surface area (Å²) in [4.78, 5) is 15.1. The maximum atomic E-state index is 13.3. The highest BCUT2D eigenvalue weighted by molar-refractivity contribution is 5.94. The largest absolute Gasteiger partial charge is 0.496 e. The number of amides is 1. The third kappa shape index (κ3) is 7.02. The Bertz CT molecular complexity index is 956. The van der Waals surface area contributed by atoms with Gasteiger partial charge in [-0.25, -0.2) is 0 Å². The van der Waals surface area contributed by atoms with Crippen molar-refractivity contribution in [2.24, 2.45) is 0 Å². The maximum Gasteiger partial charge on any atom is 0.254 e. The fourth-order valence-corrected chi connectivity index (χ4v) is 3.27. The number of allylic oxidation sites excluding steroid dienone is 2. The quantitative estimate of drug-likeness (QED) is 0.235. The van der Waals surface area contributed by atoms with E-state index in [9.17, 15) is 4.79 Å². The van der Waals surface area contributed by atoms with Crippen molar-refractivity contribution in [1.29, 1.82) is 5.26 Å². The Hall–Kier alpha value is -3.52. The lowest BCUT2D eigenvalue weighted by Crippen LogP contribution is -2.36. The van der Waals surface area contributed by atoms with Crippen LogP contribution in [0.1, 0.15) is 54.6 Å². The van der Waals surface area contributed by atoms with E-state index >= 15 is 0 Å². The third-order valence-corrected chi connectivity index (χ3v) is 5.04. The molecular weight excluding hydrogens is 400 g/mol. The van der Waals surface area contributed by atoms with E-state index in [1.54, 1.807) is 19.3 Å². The molecule has 0 aliphatic heterocycles. The van der Waals surface area contributed by atoms with Crippen molar-refractivity contribution in [3.63, 3.8) is 0 Å². The van der Waals surface area contributed by atoms with Crippen LogP contribution in [0.4, 0.5) is 0 Å². The Morgan fingerprint density at radius 3 is 2.44 bits per heavy atom. The molecule has 0 heterocycles. The highest BCUT2D eigenvalue weighted by Crippen LogP contribution is 2.23. The molecule has 0 atom stereocenters. The monoisotopic (exact) mass is 432 g/mol. The van der Waals surface area contributed by atoms with Crippen molar-refractivity contribution in [2.45, 2.75) is 45.7 Å². The summed E-state index contributed by atoms with van der Waals surface area (Å²) in [6, 6.07) is 17.4. The second-order valence-electron chi connectivity index (χ2n) is 7.65. The van der Waals surface area contributed by atoms with E-state index in [4.69, 9.17) is 14.7 Å². The van der Waals surface area contributed by atoms with Gasteiger partial charge in [-0.2, -0.15) is 5.26 Å². The number of para-hydroxylation sites is 1. The van der Waals surface area contributed by atoms with Crippen LogP contribution in [0, 0.1) is 11.3 Å². The molecule has 5 heteroatoms. The zero-order valence-corrected chi connectivity index (χ0v) is 19.2. The minimum Gasteiger partial charge on any atom is -0.496 e. The predicted octanol–water partition coefficient (Wildman–Crippen LogP) is 5.98. The number of nitriles is 1. The lowest BCUT2D eigenvalue weighted by atomic mass is 10.1. The molecule has 0 spiro atoms. The molecule has 0 N–H and O–H groups in total. The van der Waals surface area contributed by atoms with E-state index in [-0.39, 0.29) is 11.9 Å². The number of carbonyl (C=O) groups is 1. The number of ether oxygens (including phenoxy) is 2. The van der Waals surface area contributed by atoms with E-state index in [1.165, 1.54) is 0 Å². The molecule has 0 unspecified atom stereocenters. The summed E-state index contributed by atoms with van der Waals surface area (Å²) in [5.41, 5.74) is 2.46. The smallest absolute Gasteiger partial charge is 0.254 e. The first-order valence-electron chi connectivity index (χ1n) is 10.9. The molecule has 32 heavy (non-hydrogen) atoms. The Morgan fingerprint density at radius 1 is 1.12 bits per heavy atom. The summed E-state index contributed by atoms with van der Waals surface area (Å²) >= 11 is 0. The molecule has 0 aromatic heterocycles. The van der Waals surface area contributed by atoms with Gasteiger partial charge >= 0.3 is 0 Å². The van der Waals surface area contributed by atoms with E-state index in [0.29, 0.717) is 30.9 Å². The molecule has 168 valence electrons. The summed E-state index contributed by atoms with van der Waals surface area (Å²) in [5, 5.41) is 8.66. The lowest BCUT2D eigenvalue weighted by molar-refractivity contribution is 0.0688. The standard InChI is InChI=1S/C27H32N2O3/c1-5-11-25(31-4)22-14-16-23(17-15-22)27(30)29(21(2)3)20-24-12-7-8-13-26(24)32-19-10-6-9-18-28/h5,7-8,11-17,21H,1,6,9-10,19-20H2,2-4H3/b25-11-. The average Bonchev–Trinajstić information content (AvgIpc) is 2.81. The molecule has 0 aliphatic rings. The molecule has 0 radical (unpaired) electrons. The van der Waals surface area contributed by atoms with Gasteiger partial charge in [0.15, 0.2) is 0 Å². The Balaban J connectivity index is 2.16. The fourth-order valence-electron chi connectivity index (χ4n) is 3.27. The van der Waals surface area contributed by atoms with E-state index in [1.807, 2.05) is 67.3 Å². The van der Waals surface area contributed by atoms with Crippen LogP contribution in [-0.2, 0) is 11.3 Å². The van der Waals surface area contributed by atoms with Gasteiger partial charge in [0, 0.05) is 35.7 Å². The number of hydrogen-bond acceptors (Lipinski definition) is 4. The number of nitrogens with zero attached hydrogens (tertiary/aromatic N) is 2. The van der Waals surface area contributed by atoms with Gasteiger partial charge in [0.25, 0.3) is 5.91 Å². The van der Waals surface area contributed by atoms with Crippen LogP contribution in [-0.4, -0.2) is 30.6 Å². The third-order valence-electron chi connectivity index (χ3n) is 5.04. The van der Waals surface area contributed by atoms with Crippen LogP contribution in [0.3, 0.4) is 0 Å². The first-order valence-corrected chi connectivity index (χ1v) is 10.9. The predicted molar refractivity (Wildman–Crippen MR) is 128 cm³/mol. The van der Waals surface area contributed by atoms with Crippen LogP contribution in [0.25, 0.3) is 5.76 Å². The SMILES string of the molecule is C=C/C=C(\OC)c1ccc(C(=O)N(Cc2ccccc2OCCCCC#N)C(C)C)cc1. The first kappa shape index (κ1) is 24.7. The van der Waals surface area contributed by atoms with Gasteiger partial charge in [0.2, 0.25) is 0 Å². The normalized spacial score (nSPS) is 11.0. The maximum absolute atomic E-state index is 13.3.